The van der Waals surface area contributed by atoms with E-state index in [9.17, 15) is 17.6 Å². The summed E-state index contributed by atoms with van der Waals surface area (Å²) in [5, 5.41) is 2.67. The molecular weight excluding hydrogens is 371 g/mol. The second-order valence-corrected chi connectivity index (χ2v) is 8.00. The van der Waals surface area contributed by atoms with Crippen LogP contribution < -0.4 is 10.1 Å². The molecule has 0 radical (unpaired) electrons. The van der Waals surface area contributed by atoms with Gasteiger partial charge in [0, 0.05) is 26.7 Å². The van der Waals surface area contributed by atoms with Gasteiger partial charge in [-0.05, 0) is 41.5 Å². The molecule has 2 aromatic carbocycles. The topological polar surface area (TPSA) is 75.7 Å². The van der Waals surface area contributed by atoms with Gasteiger partial charge in [-0.1, -0.05) is 18.2 Å². The molecule has 0 aliphatic heterocycles. The van der Waals surface area contributed by atoms with E-state index in [0.717, 1.165) is 9.87 Å². The number of benzene rings is 2. The van der Waals surface area contributed by atoms with Crippen molar-refractivity contribution in [2.45, 2.75) is 11.4 Å². The summed E-state index contributed by atoms with van der Waals surface area (Å²) in [5.74, 6) is -0.471. The van der Waals surface area contributed by atoms with Crippen molar-refractivity contribution < 1.29 is 22.3 Å². The lowest BCUT2D eigenvalue weighted by Crippen LogP contribution is -2.22. The fraction of sp³-hybridized carbons (Fsp3) is 0.211. The Hall–Kier alpha value is -2.71. The van der Waals surface area contributed by atoms with Gasteiger partial charge >= 0.3 is 0 Å². The quantitative estimate of drug-likeness (QED) is 0.735. The first-order chi connectivity index (χ1) is 12.7. The van der Waals surface area contributed by atoms with Crippen LogP contribution in [0.15, 0.2) is 53.4 Å². The van der Waals surface area contributed by atoms with Crippen molar-refractivity contribution in [2.24, 2.45) is 0 Å². The number of amides is 1. The number of hydrogen-bond donors (Lipinski definition) is 1. The number of halogens is 1. The van der Waals surface area contributed by atoms with Crippen LogP contribution in [0.25, 0.3) is 6.08 Å². The zero-order valence-corrected chi connectivity index (χ0v) is 16.1. The molecule has 2 aromatic rings. The highest BCUT2D eigenvalue weighted by Crippen LogP contribution is 2.27. The van der Waals surface area contributed by atoms with Crippen LogP contribution in [0.3, 0.4) is 0 Å². The van der Waals surface area contributed by atoms with Gasteiger partial charge in [0.2, 0.25) is 15.9 Å². The van der Waals surface area contributed by atoms with Crippen molar-refractivity contribution in [1.82, 2.24) is 9.62 Å². The molecule has 0 unspecified atom stereocenters. The fourth-order valence-corrected chi connectivity index (χ4v) is 3.30. The van der Waals surface area contributed by atoms with Gasteiger partial charge < -0.3 is 10.1 Å². The molecule has 0 bridgehead atoms. The summed E-state index contributed by atoms with van der Waals surface area (Å²) in [4.78, 5) is 12.0. The predicted octanol–water partition coefficient (Wildman–Crippen LogP) is 2.41. The molecule has 2 rings (SSSR count). The van der Waals surface area contributed by atoms with Crippen molar-refractivity contribution in [3.63, 3.8) is 0 Å². The largest absolute Gasteiger partial charge is 0.495 e. The van der Waals surface area contributed by atoms with Crippen molar-refractivity contribution in [3.8, 4) is 5.75 Å². The number of carbonyl (C=O) groups is 1. The number of carbonyl (C=O) groups excluding carboxylic acids is 1. The predicted molar refractivity (Wildman–Crippen MR) is 101 cm³/mol. The number of methoxy groups -OCH3 is 1. The van der Waals surface area contributed by atoms with E-state index < -0.39 is 10.0 Å². The minimum Gasteiger partial charge on any atom is -0.495 e. The highest BCUT2D eigenvalue weighted by atomic mass is 32.2. The van der Waals surface area contributed by atoms with Gasteiger partial charge in [0.1, 0.15) is 16.5 Å². The van der Waals surface area contributed by atoms with Crippen LogP contribution in [0.4, 0.5) is 4.39 Å². The third-order valence-corrected chi connectivity index (χ3v) is 5.59. The van der Waals surface area contributed by atoms with Crippen molar-refractivity contribution >= 4 is 22.0 Å². The van der Waals surface area contributed by atoms with Gasteiger partial charge in [-0.2, -0.15) is 0 Å². The summed E-state index contributed by atoms with van der Waals surface area (Å²) >= 11 is 0. The van der Waals surface area contributed by atoms with E-state index in [2.05, 4.69) is 5.32 Å². The molecule has 27 heavy (non-hydrogen) atoms. The molecule has 0 aliphatic carbocycles. The maximum atomic E-state index is 12.9. The first kappa shape index (κ1) is 20.6. The van der Waals surface area contributed by atoms with Crippen LogP contribution in [-0.2, 0) is 21.4 Å². The van der Waals surface area contributed by atoms with E-state index in [1.165, 1.54) is 57.6 Å². The minimum absolute atomic E-state index is 0.0175. The first-order valence-corrected chi connectivity index (χ1v) is 9.49. The van der Waals surface area contributed by atoms with Gasteiger partial charge in [-0.3, -0.25) is 4.79 Å². The summed E-state index contributed by atoms with van der Waals surface area (Å²) < 4.78 is 43.9. The summed E-state index contributed by atoms with van der Waals surface area (Å²) in [6.45, 7) is 0.256. The molecule has 8 heteroatoms. The number of sulfonamides is 1. The molecule has 6 nitrogen and oxygen atoms in total. The van der Waals surface area contributed by atoms with Gasteiger partial charge in [0.05, 0.1) is 7.11 Å². The van der Waals surface area contributed by atoms with E-state index >= 15 is 0 Å². The molecule has 0 saturated heterocycles. The third-order valence-electron chi connectivity index (χ3n) is 3.75. The molecule has 0 aromatic heterocycles. The molecule has 0 fully saturated rings. The molecule has 0 saturated carbocycles. The van der Waals surface area contributed by atoms with Crippen LogP contribution >= 0.6 is 0 Å². The lowest BCUT2D eigenvalue weighted by atomic mass is 10.2. The lowest BCUT2D eigenvalue weighted by Gasteiger charge is -2.15. The van der Waals surface area contributed by atoms with Crippen LogP contribution in [0, 0.1) is 5.82 Å². The Morgan fingerprint density at radius 3 is 2.44 bits per heavy atom. The zero-order chi connectivity index (χ0) is 20.0. The zero-order valence-electron chi connectivity index (χ0n) is 15.3. The van der Waals surface area contributed by atoms with Crippen LogP contribution in [0.5, 0.6) is 5.75 Å². The van der Waals surface area contributed by atoms with Crippen LogP contribution in [0.1, 0.15) is 11.1 Å². The smallest absolute Gasteiger partial charge is 0.246 e. The molecular formula is C19H21FN2O4S. The Labute approximate surface area is 158 Å². The van der Waals surface area contributed by atoms with E-state index in [4.69, 9.17) is 4.74 Å². The number of rotatable bonds is 7. The molecule has 1 amide bonds. The third kappa shape index (κ3) is 5.38. The maximum Gasteiger partial charge on any atom is 0.246 e. The summed E-state index contributed by atoms with van der Waals surface area (Å²) in [7, 11) is 0.566. The molecule has 0 atom stereocenters. The normalized spacial score (nSPS) is 11.7. The molecule has 0 heterocycles. The second-order valence-electron chi connectivity index (χ2n) is 5.88. The molecule has 1 N–H and O–H groups in total. The average Bonchev–Trinajstić information content (AvgIpc) is 2.65. The standard InChI is InChI=1S/C19H21FN2O4S/c1-22(2)27(24,25)18-12-14(6-10-17(18)26-3)7-11-19(23)21-13-15-4-8-16(20)9-5-15/h4-12H,13H2,1-3H3,(H,21,23)/b11-7+. The number of ether oxygens (including phenoxy) is 1. The van der Waals surface area contributed by atoms with Gasteiger partial charge in [0.25, 0.3) is 0 Å². The van der Waals surface area contributed by atoms with Gasteiger partial charge in [-0.15, -0.1) is 0 Å². The lowest BCUT2D eigenvalue weighted by molar-refractivity contribution is -0.116. The van der Waals surface area contributed by atoms with Crippen LogP contribution in [-0.4, -0.2) is 39.8 Å². The summed E-state index contributed by atoms with van der Waals surface area (Å²) in [6, 6.07) is 10.4. The maximum absolute atomic E-state index is 12.9. The van der Waals surface area contributed by atoms with E-state index in [0.29, 0.717) is 5.56 Å². The Kier molecular flexibility index (Phi) is 6.70. The monoisotopic (exact) mass is 392 g/mol. The second kappa shape index (κ2) is 8.79. The van der Waals surface area contributed by atoms with Crippen LogP contribution in [0.2, 0.25) is 0 Å². The number of hydrogen-bond acceptors (Lipinski definition) is 4. The van der Waals surface area contributed by atoms with E-state index in [1.807, 2.05) is 0 Å². The number of nitrogens with one attached hydrogen (secondary N) is 1. The van der Waals surface area contributed by atoms with Gasteiger partial charge in [-0.25, -0.2) is 17.1 Å². The Bertz CT molecular complexity index is 939. The van der Waals surface area contributed by atoms with Crippen molar-refractivity contribution in [2.75, 3.05) is 21.2 Å². The van der Waals surface area contributed by atoms with Gasteiger partial charge in [0.15, 0.2) is 0 Å². The minimum atomic E-state index is -3.69. The average molecular weight is 392 g/mol. The Morgan fingerprint density at radius 1 is 1.19 bits per heavy atom. The number of nitrogens with zero attached hydrogens (tertiary/aromatic N) is 1. The SMILES string of the molecule is COc1ccc(/C=C/C(=O)NCc2ccc(F)cc2)cc1S(=O)(=O)N(C)C. The molecule has 144 valence electrons. The fourth-order valence-electron chi connectivity index (χ4n) is 2.22. The Morgan fingerprint density at radius 2 is 1.85 bits per heavy atom. The van der Waals surface area contributed by atoms with E-state index in [-0.39, 0.29) is 28.9 Å². The first-order valence-electron chi connectivity index (χ1n) is 8.05. The molecule has 0 aliphatic rings. The highest BCUT2D eigenvalue weighted by molar-refractivity contribution is 7.89. The van der Waals surface area contributed by atoms with E-state index in [1.54, 1.807) is 18.2 Å². The van der Waals surface area contributed by atoms with Crippen molar-refractivity contribution in [1.29, 1.82) is 0 Å². The van der Waals surface area contributed by atoms with Crippen molar-refractivity contribution in [3.05, 3.63) is 65.5 Å². The Balaban J connectivity index is 2.12. The molecule has 0 spiro atoms. The highest BCUT2D eigenvalue weighted by Gasteiger charge is 2.22. The summed E-state index contributed by atoms with van der Waals surface area (Å²) in [5.41, 5.74) is 1.30. The summed E-state index contributed by atoms with van der Waals surface area (Å²) in [6.07, 6.45) is 2.81.